The van der Waals surface area contributed by atoms with Gasteiger partial charge < -0.3 is 14.2 Å². The molecule has 0 fully saturated rings. The molecule has 0 radical (unpaired) electrons. The molecule has 3 aromatic carbocycles. The van der Waals surface area contributed by atoms with E-state index in [1.54, 1.807) is 11.1 Å². The highest BCUT2D eigenvalue weighted by molar-refractivity contribution is 6.02. The van der Waals surface area contributed by atoms with Crippen molar-refractivity contribution < 1.29 is 9.53 Å². The van der Waals surface area contributed by atoms with E-state index in [1.165, 1.54) is 5.39 Å². The molecule has 1 aromatic heterocycles. The molecule has 0 bridgehead atoms. The predicted octanol–water partition coefficient (Wildman–Crippen LogP) is 4.68. The van der Waals surface area contributed by atoms with E-state index in [0.29, 0.717) is 13.2 Å². The number of fused-ring (bicyclic) bond motifs is 2. The number of carbonyl (C=O) groups is 1. The van der Waals surface area contributed by atoms with Crippen molar-refractivity contribution in [1.29, 1.82) is 0 Å². The third-order valence-electron chi connectivity index (χ3n) is 5.78. The number of benzene rings is 3. The number of rotatable bonds is 5. The van der Waals surface area contributed by atoms with E-state index in [4.69, 9.17) is 4.74 Å². The van der Waals surface area contributed by atoms with Gasteiger partial charge in [-0.05, 0) is 47.0 Å². The Kier molecular flexibility index (Phi) is 4.51. The van der Waals surface area contributed by atoms with Gasteiger partial charge in [0.15, 0.2) is 0 Å². The van der Waals surface area contributed by atoms with Gasteiger partial charge in [-0.3, -0.25) is 4.79 Å². The zero-order valence-electron chi connectivity index (χ0n) is 17.1. The Hall–Kier alpha value is -3.60. The van der Waals surface area contributed by atoms with Crippen molar-refractivity contribution in [3.05, 3.63) is 83.9 Å². The van der Waals surface area contributed by atoms with Crippen LogP contribution in [0.15, 0.2) is 67.0 Å². The van der Waals surface area contributed by atoms with E-state index >= 15 is 0 Å². The molecular weight excluding hydrogens is 374 g/mol. The van der Waals surface area contributed by atoms with Crippen molar-refractivity contribution in [1.82, 2.24) is 14.5 Å². The number of ether oxygens (including phenoxy) is 1. The van der Waals surface area contributed by atoms with Crippen LogP contribution in [0.5, 0.6) is 5.75 Å². The summed E-state index contributed by atoms with van der Waals surface area (Å²) >= 11 is 0. The summed E-state index contributed by atoms with van der Waals surface area (Å²) in [7, 11) is 1.84. The minimum Gasteiger partial charge on any atom is -0.491 e. The molecule has 30 heavy (non-hydrogen) atoms. The molecular formula is C25H23N3O2. The maximum Gasteiger partial charge on any atom is 0.254 e. The van der Waals surface area contributed by atoms with Crippen molar-refractivity contribution in [2.24, 2.45) is 0 Å². The average Bonchev–Trinajstić information content (AvgIpc) is 3.29. The van der Waals surface area contributed by atoms with Gasteiger partial charge in [-0.1, -0.05) is 36.4 Å². The number of imidazole rings is 1. The zero-order chi connectivity index (χ0) is 20.7. The Morgan fingerprint density at radius 2 is 1.97 bits per heavy atom. The van der Waals surface area contributed by atoms with E-state index in [-0.39, 0.29) is 5.91 Å². The quantitative estimate of drug-likeness (QED) is 0.491. The minimum absolute atomic E-state index is 0.0849. The van der Waals surface area contributed by atoms with Crippen molar-refractivity contribution in [3.8, 4) is 16.9 Å². The highest BCUT2D eigenvalue weighted by atomic mass is 16.5. The molecule has 5 heteroatoms. The fourth-order valence-corrected chi connectivity index (χ4v) is 4.19. The Morgan fingerprint density at radius 3 is 2.80 bits per heavy atom. The number of hydrogen-bond acceptors (Lipinski definition) is 3. The van der Waals surface area contributed by atoms with Gasteiger partial charge in [0.05, 0.1) is 6.54 Å². The molecule has 0 unspecified atom stereocenters. The summed E-state index contributed by atoms with van der Waals surface area (Å²) in [4.78, 5) is 18.3. The van der Waals surface area contributed by atoms with Gasteiger partial charge in [0.1, 0.15) is 18.2 Å². The molecule has 0 aliphatic carbocycles. The normalized spacial score (nSPS) is 13.1. The van der Waals surface area contributed by atoms with E-state index in [0.717, 1.165) is 45.8 Å². The lowest BCUT2D eigenvalue weighted by atomic mass is 9.95. The summed E-state index contributed by atoms with van der Waals surface area (Å²) in [5.74, 6) is 1.91. The maximum absolute atomic E-state index is 12.3. The van der Waals surface area contributed by atoms with Crippen molar-refractivity contribution in [2.45, 2.75) is 20.0 Å². The molecule has 0 saturated heterocycles. The van der Waals surface area contributed by atoms with E-state index < -0.39 is 0 Å². The van der Waals surface area contributed by atoms with Crippen LogP contribution in [0, 0.1) is 6.92 Å². The average molecular weight is 397 g/mol. The first kappa shape index (κ1) is 18.4. The van der Waals surface area contributed by atoms with Crippen LogP contribution in [-0.2, 0) is 13.1 Å². The van der Waals surface area contributed by atoms with E-state index in [9.17, 15) is 4.79 Å². The van der Waals surface area contributed by atoms with Gasteiger partial charge in [-0.25, -0.2) is 4.98 Å². The molecule has 2 heterocycles. The first-order valence-electron chi connectivity index (χ1n) is 10.1. The van der Waals surface area contributed by atoms with Crippen LogP contribution in [0.1, 0.15) is 21.7 Å². The first-order valence-corrected chi connectivity index (χ1v) is 10.1. The summed E-state index contributed by atoms with van der Waals surface area (Å²) in [6.07, 6.45) is 3.77. The fourth-order valence-electron chi connectivity index (χ4n) is 4.19. The third kappa shape index (κ3) is 3.12. The molecule has 5 nitrogen and oxygen atoms in total. The van der Waals surface area contributed by atoms with Crippen LogP contribution >= 0.6 is 0 Å². The second-order valence-electron chi connectivity index (χ2n) is 7.71. The molecule has 0 atom stereocenters. The number of amides is 1. The highest BCUT2D eigenvalue weighted by Gasteiger charge is 2.25. The summed E-state index contributed by atoms with van der Waals surface area (Å²) in [6.45, 7) is 3.92. The lowest BCUT2D eigenvalue weighted by Crippen LogP contribution is -2.17. The Labute approximate surface area is 175 Å². The van der Waals surface area contributed by atoms with Gasteiger partial charge in [0.2, 0.25) is 0 Å². The Balaban J connectivity index is 1.54. The van der Waals surface area contributed by atoms with Crippen molar-refractivity contribution in [2.75, 3.05) is 13.7 Å². The SMILES string of the molecule is Cc1nccn1CCOc1ccc2ccccc2c1-c1ccc2c(c1)CN(C)C2=O. The lowest BCUT2D eigenvalue weighted by Gasteiger charge is -2.16. The van der Waals surface area contributed by atoms with Crippen LogP contribution < -0.4 is 4.74 Å². The number of hydrogen-bond donors (Lipinski definition) is 0. The van der Waals surface area contributed by atoms with Crippen LogP contribution in [0.2, 0.25) is 0 Å². The predicted molar refractivity (Wildman–Crippen MR) is 118 cm³/mol. The monoisotopic (exact) mass is 397 g/mol. The number of aromatic nitrogens is 2. The fraction of sp³-hybridized carbons (Fsp3) is 0.200. The second-order valence-corrected chi connectivity index (χ2v) is 7.71. The van der Waals surface area contributed by atoms with Gasteiger partial charge in [-0.2, -0.15) is 0 Å². The molecule has 1 amide bonds. The summed E-state index contributed by atoms with van der Waals surface area (Å²) < 4.78 is 8.34. The number of nitrogens with zero attached hydrogens (tertiary/aromatic N) is 3. The molecule has 1 aliphatic heterocycles. The van der Waals surface area contributed by atoms with Crippen molar-refractivity contribution >= 4 is 16.7 Å². The van der Waals surface area contributed by atoms with Gasteiger partial charge in [0, 0.05) is 37.1 Å². The lowest BCUT2D eigenvalue weighted by molar-refractivity contribution is 0.0816. The van der Waals surface area contributed by atoms with E-state index in [1.807, 2.05) is 44.4 Å². The molecule has 0 saturated carbocycles. The minimum atomic E-state index is 0.0849. The molecule has 1 aliphatic rings. The van der Waals surface area contributed by atoms with Crippen molar-refractivity contribution in [3.63, 3.8) is 0 Å². The van der Waals surface area contributed by atoms with Crippen LogP contribution in [0.4, 0.5) is 0 Å². The van der Waals surface area contributed by atoms with Crippen LogP contribution in [-0.4, -0.2) is 34.0 Å². The molecule has 150 valence electrons. The Bertz CT molecular complexity index is 1260. The molecule has 0 N–H and O–H groups in total. The maximum atomic E-state index is 12.3. The summed E-state index contributed by atoms with van der Waals surface area (Å²) in [5, 5.41) is 2.31. The summed E-state index contributed by atoms with van der Waals surface area (Å²) in [5.41, 5.74) is 4.00. The third-order valence-corrected chi connectivity index (χ3v) is 5.78. The molecule has 5 rings (SSSR count). The largest absolute Gasteiger partial charge is 0.491 e. The number of carbonyl (C=O) groups excluding carboxylic acids is 1. The zero-order valence-corrected chi connectivity index (χ0v) is 17.1. The topological polar surface area (TPSA) is 47.4 Å². The highest BCUT2D eigenvalue weighted by Crippen LogP contribution is 2.39. The molecule has 4 aromatic rings. The van der Waals surface area contributed by atoms with Crippen LogP contribution in [0.3, 0.4) is 0 Å². The van der Waals surface area contributed by atoms with Gasteiger partial charge in [0.25, 0.3) is 5.91 Å². The van der Waals surface area contributed by atoms with Crippen LogP contribution in [0.25, 0.3) is 21.9 Å². The Morgan fingerprint density at radius 1 is 1.10 bits per heavy atom. The van der Waals surface area contributed by atoms with Gasteiger partial charge in [-0.15, -0.1) is 0 Å². The summed E-state index contributed by atoms with van der Waals surface area (Å²) in [6, 6.07) is 18.6. The van der Waals surface area contributed by atoms with Gasteiger partial charge >= 0.3 is 0 Å². The number of aryl methyl sites for hydroxylation is 1. The standard InChI is InChI=1S/C25H23N3O2/c1-17-26-11-12-28(17)13-14-30-23-10-8-18-5-3-4-6-21(18)24(23)19-7-9-22-20(15-19)16-27(2)25(22)29/h3-12,15H,13-14,16H2,1-2H3. The van der Waals surface area contributed by atoms with E-state index in [2.05, 4.69) is 39.9 Å². The smallest absolute Gasteiger partial charge is 0.254 e. The molecule has 0 spiro atoms. The second kappa shape index (κ2) is 7.34. The first-order chi connectivity index (χ1) is 14.6.